The Morgan fingerprint density at radius 3 is 2.43 bits per heavy atom. The molecule has 2 aromatic carbocycles. The molecule has 154 valence electrons. The van der Waals surface area contributed by atoms with Gasteiger partial charge in [0.1, 0.15) is 0 Å². The molecular weight excluding hydrogens is 415 g/mol. The molecule has 0 saturated carbocycles. The number of nitrogens with one attached hydrogen (secondary N) is 1. The van der Waals surface area contributed by atoms with Gasteiger partial charge in [-0.1, -0.05) is 24.3 Å². The third-order valence-corrected chi connectivity index (χ3v) is 8.61. The summed E-state index contributed by atoms with van der Waals surface area (Å²) < 4.78 is 67.5. The molecule has 3 aromatic rings. The van der Waals surface area contributed by atoms with Crippen LogP contribution in [0.4, 0.5) is 13.2 Å². The van der Waals surface area contributed by atoms with Crippen molar-refractivity contribution in [3.8, 4) is 0 Å². The van der Waals surface area contributed by atoms with Gasteiger partial charge in [-0.3, -0.25) is 5.10 Å². The highest BCUT2D eigenvalue weighted by molar-refractivity contribution is 7.89. The second-order valence-electron chi connectivity index (χ2n) is 8.23. The second kappa shape index (κ2) is 5.53. The molecule has 1 aliphatic heterocycles. The fraction of sp³-hybridized carbons (Fsp3) is 0.286. The van der Waals surface area contributed by atoms with E-state index in [1.54, 1.807) is 6.20 Å². The molecule has 3 atom stereocenters. The monoisotopic (exact) mass is 431 g/mol. The van der Waals surface area contributed by atoms with Gasteiger partial charge in [0, 0.05) is 23.6 Å². The van der Waals surface area contributed by atoms with Crippen LogP contribution in [0.3, 0.4) is 0 Å². The number of benzene rings is 2. The van der Waals surface area contributed by atoms with Crippen LogP contribution in [0.15, 0.2) is 59.6 Å². The third kappa shape index (κ3) is 2.11. The molecule has 1 aromatic heterocycles. The summed E-state index contributed by atoms with van der Waals surface area (Å²) in [6.45, 7) is 0. The molecule has 1 saturated heterocycles. The van der Waals surface area contributed by atoms with Gasteiger partial charge in [-0.25, -0.2) is 8.42 Å². The van der Waals surface area contributed by atoms with Gasteiger partial charge < -0.3 is 0 Å². The van der Waals surface area contributed by atoms with Crippen LogP contribution in [0.5, 0.6) is 0 Å². The largest absolute Gasteiger partial charge is 0.416 e. The van der Waals surface area contributed by atoms with E-state index in [-0.39, 0.29) is 22.4 Å². The number of hydrogen-bond acceptors (Lipinski definition) is 3. The van der Waals surface area contributed by atoms with Crippen LogP contribution in [-0.4, -0.2) is 22.9 Å². The van der Waals surface area contributed by atoms with E-state index < -0.39 is 21.8 Å². The first-order valence-electron chi connectivity index (χ1n) is 9.55. The minimum absolute atomic E-state index is 0.134. The molecule has 1 fully saturated rings. The molecule has 0 bridgehead atoms. The highest BCUT2D eigenvalue weighted by Crippen LogP contribution is 2.72. The molecule has 30 heavy (non-hydrogen) atoms. The van der Waals surface area contributed by atoms with Crippen LogP contribution in [0.2, 0.25) is 0 Å². The first-order chi connectivity index (χ1) is 14.2. The predicted octanol–water partition coefficient (Wildman–Crippen LogP) is 4.01. The van der Waals surface area contributed by atoms with Crippen molar-refractivity contribution in [2.45, 2.75) is 36.0 Å². The lowest BCUT2D eigenvalue weighted by Crippen LogP contribution is -2.59. The fourth-order valence-electron chi connectivity index (χ4n) is 5.62. The van der Waals surface area contributed by atoms with E-state index in [4.69, 9.17) is 0 Å². The molecule has 1 spiro atoms. The average molecular weight is 431 g/mol. The van der Waals surface area contributed by atoms with Gasteiger partial charge in [-0.15, -0.1) is 0 Å². The van der Waals surface area contributed by atoms with Crippen molar-refractivity contribution >= 4 is 10.0 Å². The van der Waals surface area contributed by atoms with E-state index in [2.05, 4.69) is 10.2 Å². The van der Waals surface area contributed by atoms with Crippen molar-refractivity contribution in [2.24, 2.45) is 5.41 Å². The minimum Gasteiger partial charge on any atom is -0.285 e. The molecule has 2 aliphatic carbocycles. The van der Waals surface area contributed by atoms with E-state index in [0.717, 1.165) is 53.1 Å². The lowest BCUT2D eigenvalue weighted by atomic mass is 9.67. The van der Waals surface area contributed by atoms with E-state index in [1.807, 2.05) is 24.3 Å². The number of alkyl halides is 3. The Balaban J connectivity index is 1.48. The maximum Gasteiger partial charge on any atom is 0.416 e. The van der Waals surface area contributed by atoms with Gasteiger partial charge in [-0.05, 0) is 41.8 Å². The van der Waals surface area contributed by atoms with Crippen molar-refractivity contribution in [1.82, 2.24) is 14.5 Å². The highest BCUT2D eigenvalue weighted by atomic mass is 32.2. The summed E-state index contributed by atoms with van der Waals surface area (Å²) in [6.07, 6.45) is -1.35. The number of hydrogen-bond donors (Lipinski definition) is 1. The number of nitrogens with zero attached hydrogens (tertiary/aromatic N) is 2. The van der Waals surface area contributed by atoms with Crippen LogP contribution in [0.1, 0.15) is 40.0 Å². The molecule has 3 aliphatic rings. The molecule has 6 rings (SSSR count). The Morgan fingerprint density at radius 2 is 1.70 bits per heavy atom. The molecule has 0 radical (unpaired) electrons. The van der Waals surface area contributed by atoms with Gasteiger partial charge >= 0.3 is 6.18 Å². The Hall–Kier alpha value is -2.65. The summed E-state index contributed by atoms with van der Waals surface area (Å²) >= 11 is 0. The van der Waals surface area contributed by atoms with E-state index >= 15 is 0 Å². The number of sulfonamides is 1. The first kappa shape index (κ1) is 18.1. The second-order valence-corrected chi connectivity index (χ2v) is 10.1. The van der Waals surface area contributed by atoms with Gasteiger partial charge in [0.2, 0.25) is 10.0 Å². The minimum atomic E-state index is -4.52. The van der Waals surface area contributed by atoms with Crippen molar-refractivity contribution in [3.63, 3.8) is 0 Å². The maximum absolute atomic E-state index is 13.6. The first-order valence-corrected chi connectivity index (χ1v) is 11.0. The molecule has 2 unspecified atom stereocenters. The fourth-order valence-corrected chi connectivity index (χ4v) is 7.54. The molecular formula is C21H16F3N3O2S. The third-order valence-electron chi connectivity index (χ3n) is 6.77. The highest BCUT2D eigenvalue weighted by Gasteiger charge is 2.71. The van der Waals surface area contributed by atoms with Crippen molar-refractivity contribution in [3.05, 3.63) is 82.7 Å². The summed E-state index contributed by atoms with van der Waals surface area (Å²) in [5, 5.41) is 7.13. The Labute approximate surface area is 170 Å². The summed E-state index contributed by atoms with van der Waals surface area (Å²) in [7, 11) is -4.02. The van der Waals surface area contributed by atoms with Gasteiger partial charge in [0.25, 0.3) is 0 Å². The van der Waals surface area contributed by atoms with Crippen LogP contribution < -0.4 is 0 Å². The quantitative estimate of drug-likeness (QED) is 0.667. The summed E-state index contributed by atoms with van der Waals surface area (Å²) in [4.78, 5) is -0.134. The molecule has 5 nitrogen and oxygen atoms in total. The van der Waals surface area contributed by atoms with E-state index in [1.165, 1.54) is 4.31 Å². The van der Waals surface area contributed by atoms with Gasteiger partial charge in [-0.2, -0.15) is 22.6 Å². The number of halogens is 3. The zero-order chi connectivity index (χ0) is 20.9. The smallest absolute Gasteiger partial charge is 0.285 e. The summed E-state index contributed by atoms with van der Waals surface area (Å²) in [6, 6.07) is 10.8. The van der Waals surface area contributed by atoms with Gasteiger partial charge in [0.15, 0.2) is 0 Å². The van der Waals surface area contributed by atoms with Crippen molar-refractivity contribution in [2.75, 3.05) is 0 Å². The van der Waals surface area contributed by atoms with Crippen LogP contribution in [0, 0.1) is 5.41 Å². The number of aromatic nitrogens is 2. The SMILES string of the molecule is O=S(=O)(c1ccc(C(F)(F)F)cc1)N1C2c3ccccc3C[C@]23Cc2n[nH]cc2C13. The normalized spacial score (nSPS) is 27.2. The predicted molar refractivity (Wildman–Crippen MR) is 101 cm³/mol. The van der Waals surface area contributed by atoms with E-state index in [0.29, 0.717) is 6.42 Å². The summed E-state index contributed by atoms with van der Waals surface area (Å²) in [5.41, 5.74) is 2.65. The number of rotatable bonds is 2. The van der Waals surface area contributed by atoms with Crippen molar-refractivity contribution in [1.29, 1.82) is 0 Å². The zero-order valence-corrected chi connectivity index (χ0v) is 16.3. The topological polar surface area (TPSA) is 66.1 Å². The molecule has 2 heterocycles. The van der Waals surface area contributed by atoms with Crippen LogP contribution >= 0.6 is 0 Å². The van der Waals surface area contributed by atoms with E-state index in [9.17, 15) is 21.6 Å². The molecule has 1 N–H and O–H groups in total. The van der Waals surface area contributed by atoms with Gasteiger partial charge in [0.05, 0.1) is 28.2 Å². The Bertz CT molecular complexity index is 1280. The zero-order valence-electron chi connectivity index (χ0n) is 15.5. The number of H-pyrrole nitrogens is 1. The molecule has 0 amide bonds. The Kier molecular flexibility index (Phi) is 3.34. The lowest BCUT2D eigenvalue weighted by molar-refractivity contribution is -0.137. The summed E-state index contributed by atoms with van der Waals surface area (Å²) in [5.74, 6) is 0. The number of aromatic amines is 1. The van der Waals surface area contributed by atoms with Crippen LogP contribution in [-0.2, 0) is 29.0 Å². The lowest BCUT2D eigenvalue weighted by Gasteiger charge is -2.57. The van der Waals surface area contributed by atoms with Crippen molar-refractivity contribution < 1.29 is 21.6 Å². The average Bonchev–Trinajstić information content (AvgIpc) is 3.30. The molecule has 9 heteroatoms. The van der Waals surface area contributed by atoms with Crippen LogP contribution in [0.25, 0.3) is 0 Å². The standard InChI is InChI=1S/C21H16F3N3O2S/c22-21(23,24)13-5-7-14(8-6-13)30(28,29)27-18-15-4-2-1-3-12(15)9-20(18)10-17-16(19(20)27)11-25-26-17/h1-8,11,18-19H,9-10H2,(H,25,26)/t18?,19?,20-/m0/s1. The Morgan fingerprint density at radius 1 is 1.00 bits per heavy atom. The maximum atomic E-state index is 13.6. The number of fused-ring (bicyclic) bond motifs is 4.